The van der Waals surface area contributed by atoms with E-state index in [1.165, 1.54) is 42.6 Å². The van der Waals surface area contributed by atoms with E-state index in [0.717, 1.165) is 16.3 Å². The number of nitrogens with one attached hydrogen (secondary N) is 1. The van der Waals surface area contributed by atoms with Gasteiger partial charge in [0.05, 0.1) is 49.6 Å². The Balaban J connectivity index is 1.36. The number of halogens is 1. The number of aryl methyl sites for hydroxylation is 2. The van der Waals surface area contributed by atoms with Crippen molar-refractivity contribution in [3.63, 3.8) is 0 Å². The van der Waals surface area contributed by atoms with Gasteiger partial charge in [-0.25, -0.2) is 9.97 Å². The molecule has 0 aromatic carbocycles. The van der Waals surface area contributed by atoms with Crippen LogP contribution < -0.4 is 14.8 Å². The highest BCUT2D eigenvalue weighted by atomic mass is 35.5. The van der Waals surface area contributed by atoms with E-state index in [-0.39, 0.29) is 22.8 Å². The lowest BCUT2D eigenvalue weighted by atomic mass is 10.0. The molecule has 13 heteroatoms. The number of carbonyl (C=O) groups is 2. The van der Waals surface area contributed by atoms with E-state index in [9.17, 15) is 9.59 Å². The lowest BCUT2D eigenvalue weighted by molar-refractivity contribution is 0.0747. The molecule has 0 saturated carbocycles. The smallest absolute Gasteiger partial charge is 0.261 e. The molecular formula is C24H22ClN7O4S. The molecule has 37 heavy (non-hydrogen) atoms. The first kappa shape index (κ1) is 24.7. The monoisotopic (exact) mass is 539 g/mol. The molecule has 0 aliphatic carbocycles. The Morgan fingerprint density at radius 1 is 1.08 bits per heavy atom. The predicted molar refractivity (Wildman–Crippen MR) is 137 cm³/mol. The summed E-state index contributed by atoms with van der Waals surface area (Å²) in [7, 11) is 4.73. The molecule has 0 spiro atoms. The molecule has 0 saturated heterocycles. The number of amides is 2. The van der Waals surface area contributed by atoms with Crippen LogP contribution in [0.2, 0.25) is 5.15 Å². The summed E-state index contributed by atoms with van der Waals surface area (Å²) >= 11 is 7.45. The molecule has 5 heterocycles. The van der Waals surface area contributed by atoms with Gasteiger partial charge in [-0.05, 0) is 19.1 Å². The minimum absolute atomic E-state index is 0.193. The topological polar surface area (TPSA) is 124 Å². The number of aromatic nitrogens is 5. The molecule has 1 N–H and O–H groups in total. The van der Waals surface area contributed by atoms with Crippen LogP contribution in [0.4, 0.5) is 5.13 Å². The highest BCUT2D eigenvalue weighted by molar-refractivity contribution is 7.16. The minimum Gasteiger partial charge on any atom is -0.494 e. The van der Waals surface area contributed by atoms with Gasteiger partial charge in [0.2, 0.25) is 5.88 Å². The number of hydrogen-bond acceptors (Lipinski definition) is 9. The van der Waals surface area contributed by atoms with E-state index >= 15 is 0 Å². The van der Waals surface area contributed by atoms with Gasteiger partial charge in [0.15, 0.2) is 5.13 Å². The third-order valence-electron chi connectivity index (χ3n) is 5.81. The fraction of sp³-hybridized carbons (Fsp3) is 0.250. The summed E-state index contributed by atoms with van der Waals surface area (Å²) in [5.74, 6) is 0.185. The van der Waals surface area contributed by atoms with E-state index in [1.807, 2.05) is 6.92 Å². The maximum absolute atomic E-state index is 13.3. The van der Waals surface area contributed by atoms with Crippen molar-refractivity contribution in [2.24, 2.45) is 7.05 Å². The van der Waals surface area contributed by atoms with Crippen molar-refractivity contribution in [3.05, 3.63) is 63.3 Å². The lowest BCUT2D eigenvalue weighted by Gasteiger charge is -2.15. The highest BCUT2D eigenvalue weighted by Crippen LogP contribution is 2.36. The van der Waals surface area contributed by atoms with Crippen LogP contribution in [0, 0.1) is 6.92 Å². The van der Waals surface area contributed by atoms with Crippen molar-refractivity contribution in [2.45, 2.75) is 20.0 Å². The zero-order valence-corrected chi connectivity index (χ0v) is 22.0. The predicted octanol–water partition coefficient (Wildman–Crippen LogP) is 3.72. The molecule has 4 aromatic heterocycles. The number of thiazole rings is 1. The van der Waals surface area contributed by atoms with Crippen LogP contribution >= 0.6 is 22.9 Å². The Morgan fingerprint density at radius 3 is 2.62 bits per heavy atom. The molecule has 1 aliphatic heterocycles. The first-order valence-corrected chi connectivity index (χ1v) is 12.3. The number of fused-ring (bicyclic) bond motifs is 1. The summed E-state index contributed by atoms with van der Waals surface area (Å²) in [6, 6.07) is 3.44. The molecule has 5 rings (SSSR count). The van der Waals surface area contributed by atoms with Crippen LogP contribution in [0.25, 0.3) is 11.1 Å². The summed E-state index contributed by atoms with van der Waals surface area (Å²) in [6.07, 6.45) is 4.65. The van der Waals surface area contributed by atoms with Gasteiger partial charge in [-0.2, -0.15) is 0 Å². The molecule has 4 aromatic rings. The quantitative estimate of drug-likeness (QED) is 0.368. The number of anilines is 1. The highest BCUT2D eigenvalue weighted by Gasteiger charge is 2.31. The van der Waals surface area contributed by atoms with Crippen molar-refractivity contribution < 1.29 is 19.1 Å². The average molecular weight is 540 g/mol. The number of methoxy groups -OCH3 is 2. The minimum atomic E-state index is -0.377. The normalized spacial score (nSPS) is 12.4. The molecule has 190 valence electrons. The molecule has 0 radical (unpaired) electrons. The Bertz CT molecular complexity index is 1510. The van der Waals surface area contributed by atoms with Gasteiger partial charge in [0.25, 0.3) is 11.8 Å². The molecule has 0 atom stereocenters. The van der Waals surface area contributed by atoms with Gasteiger partial charge in [0, 0.05) is 36.3 Å². The molecule has 11 nitrogen and oxygen atoms in total. The van der Waals surface area contributed by atoms with E-state index < -0.39 is 0 Å². The third kappa shape index (κ3) is 4.72. The summed E-state index contributed by atoms with van der Waals surface area (Å²) in [5.41, 5.74) is 3.42. The Hall–Kier alpha value is -4.03. The number of carbonyl (C=O) groups excluding carboxylic acids is 2. The first-order valence-electron chi connectivity index (χ1n) is 11.1. The fourth-order valence-corrected chi connectivity index (χ4v) is 5.23. The van der Waals surface area contributed by atoms with Crippen LogP contribution in [-0.4, -0.2) is 55.7 Å². The summed E-state index contributed by atoms with van der Waals surface area (Å²) in [6.45, 7) is 2.53. The molecular weight excluding hydrogens is 518 g/mol. The van der Waals surface area contributed by atoms with Gasteiger partial charge < -0.3 is 14.4 Å². The second-order valence-electron chi connectivity index (χ2n) is 8.31. The van der Waals surface area contributed by atoms with Crippen LogP contribution in [0.5, 0.6) is 11.6 Å². The molecule has 0 fully saturated rings. The zero-order chi connectivity index (χ0) is 26.3. The van der Waals surface area contributed by atoms with Gasteiger partial charge >= 0.3 is 0 Å². The fourth-order valence-electron chi connectivity index (χ4n) is 4.09. The van der Waals surface area contributed by atoms with Crippen molar-refractivity contribution in [3.8, 4) is 22.8 Å². The second-order valence-corrected chi connectivity index (χ2v) is 9.78. The standard InChI is InChI=1S/C24H22ClN7O4S/c1-12-5-13(14-6-20(25)27-8-18(14)35-3)15(7-26-12)21(33)29-24-28-17-10-32(11-19(17)37-24)23(34)16-9-31(2)30-22(16)36-4/h5-9H,10-11H2,1-4H3,(H,28,29,33). The second kappa shape index (κ2) is 9.79. The maximum Gasteiger partial charge on any atom is 0.261 e. The number of pyridine rings is 2. The summed E-state index contributed by atoms with van der Waals surface area (Å²) in [5, 5.41) is 7.73. The molecule has 0 unspecified atom stereocenters. The van der Waals surface area contributed by atoms with Crippen LogP contribution in [0.15, 0.2) is 30.7 Å². The molecule has 2 amide bonds. The van der Waals surface area contributed by atoms with Crippen molar-refractivity contribution >= 4 is 39.9 Å². The van der Waals surface area contributed by atoms with E-state index in [4.69, 9.17) is 21.1 Å². The Labute approximate surface area is 221 Å². The van der Waals surface area contributed by atoms with Crippen molar-refractivity contribution in [1.29, 1.82) is 0 Å². The first-order chi connectivity index (χ1) is 17.8. The van der Waals surface area contributed by atoms with Crippen molar-refractivity contribution in [2.75, 3.05) is 19.5 Å². The summed E-state index contributed by atoms with van der Waals surface area (Å²) in [4.78, 5) is 41.8. The van der Waals surface area contributed by atoms with Crippen molar-refractivity contribution in [1.82, 2.24) is 29.6 Å². The van der Waals surface area contributed by atoms with E-state index in [2.05, 4.69) is 25.4 Å². The summed E-state index contributed by atoms with van der Waals surface area (Å²) < 4.78 is 12.2. The number of rotatable bonds is 6. The number of hydrogen-bond donors (Lipinski definition) is 1. The van der Waals surface area contributed by atoms with Gasteiger partial charge in [-0.1, -0.05) is 22.9 Å². The molecule has 0 bridgehead atoms. The van der Waals surface area contributed by atoms with Crippen LogP contribution in [0.3, 0.4) is 0 Å². The average Bonchev–Trinajstić information content (AvgIpc) is 3.56. The zero-order valence-electron chi connectivity index (χ0n) is 20.4. The lowest BCUT2D eigenvalue weighted by Crippen LogP contribution is -2.25. The largest absolute Gasteiger partial charge is 0.494 e. The number of ether oxygens (including phenoxy) is 2. The van der Waals surface area contributed by atoms with Gasteiger partial charge in [0.1, 0.15) is 16.5 Å². The Morgan fingerprint density at radius 2 is 1.89 bits per heavy atom. The van der Waals surface area contributed by atoms with Gasteiger partial charge in [-0.3, -0.25) is 24.6 Å². The molecule has 1 aliphatic rings. The number of nitrogens with zero attached hydrogens (tertiary/aromatic N) is 6. The van der Waals surface area contributed by atoms with Gasteiger partial charge in [-0.15, -0.1) is 5.10 Å². The SMILES string of the molecule is COc1cnc(Cl)cc1-c1cc(C)ncc1C(=O)Nc1nc2c(s1)CN(C(=O)c1cn(C)nc1OC)C2. The van der Waals surface area contributed by atoms with E-state index in [1.54, 1.807) is 30.3 Å². The van der Waals surface area contributed by atoms with Crippen LogP contribution in [0.1, 0.15) is 37.0 Å². The van der Waals surface area contributed by atoms with E-state index in [0.29, 0.717) is 46.2 Å². The maximum atomic E-state index is 13.3. The Kier molecular flexibility index (Phi) is 6.52. The third-order valence-corrected chi connectivity index (χ3v) is 7.01. The van der Waals surface area contributed by atoms with Crippen LogP contribution in [-0.2, 0) is 20.1 Å².